The van der Waals surface area contributed by atoms with Crippen molar-refractivity contribution in [2.24, 2.45) is 7.05 Å². The standard InChI is InChI=1S/C22H21NO2S/c1-23-20-13-6-5-11-18(20)19-12-7-8-16(14-25-21(19)22(23)24)15-26-17-9-3-2-4-10-17/h2-6,9-11,13,15H,7-8,12,14H2,1H3/b16-15-. The van der Waals surface area contributed by atoms with Gasteiger partial charge in [0.05, 0.1) is 5.52 Å². The van der Waals surface area contributed by atoms with Crippen LogP contribution in [-0.2, 0) is 13.5 Å². The van der Waals surface area contributed by atoms with Crippen molar-refractivity contribution in [3.05, 3.63) is 81.5 Å². The Morgan fingerprint density at radius 2 is 1.81 bits per heavy atom. The smallest absolute Gasteiger partial charge is 0.293 e. The Bertz CT molecular complexity index is 1020. The van der Waals surface area contributed by atoms with Crippen LogP contribution in [0.15, 0.2) is 75.3 Å². The van der Waals surface area contributed by atoms with E-state index in [1.165, 1.54) is 10.5 Å². The van der Waals surface area contributed by atoms with E-state index in [0.717, 1.165) is 35.7 Å². The Morgan fingerprint density at radius 3 is 2.65 bits per heavy atom. The van der Waals surface area contributed by atoms with E-state index in [-0.39, 0.29) is 5.56 Å². The van der Waals surface area contributed by atoms with Crippen molar-refractivity contribution in [1.82, 2.24) is 4.57 Å². The van der Waals surface area contributed by atoms with Crippen LogP contribution in [0.2, 0.25) is 0 Å². The highest BCUT2D eigenvalue weighted by Crippen LogP contribution is 2.30. The second-order valence-electron chi connectivity index (χ2n) is 6.54. The SMILES string of the molecule is Cn1c(=O)c2c(c3ccccc31)CCC/C(=C/Sc1ccccc1)CO2. The molecule has 1 aliphatic rings. The molecule has 4 rings (SSSR count). The van der Waals surface area contributed by atoms with E-state index < -0.39 is 0 Å². The predicted octanol–water partition coefficient (Wildman–Crippen LogP) is 4.93. The number of hydrogen-bond acceptors (Lipinski definition) is 3. The first kappa shape index (κ1) is 17.0. The third-order valence-electron chi connectivity index (χ3n) is 4.79. The molecule has 0 aliphatic carbocycles. The minimum atomic E-state index is -0.0457. The Kier molecular flexibility index (Phi) is 4.85. The average molecular weight is 363 g/mol. The molecule has 0 atom stereocenters. The third-order valence-corrected chi connectivity index (χ3v) is 5.79. The van der Waals surface area contributed by atoms with Crippen molar-refractivity contribution in [2.75, 3.05) is 6.61 Å². The topological polar surface area (TPSA) is 31.2 Å². The van der Waals surface area contributed by atoms with Gasteiger partial charge >= 0.3 is 0 Å². The molecule has 0 N–H and O–H groups in total. The second-order valence-corrected chi connectivity index (χ2v) is 7.48. The number of ether oxygens (including phenoxy) is 1. The zero-order valence-corrected chi connectivity index (χ0v) is 15.6. The summed E-state index contributed by atoms with van der Waals surface area (Å²) in [5.74, 6) is 0.515. The fraction of sp³-hybridized carbons (Fsp3) is 0.227. The number of para-hydroxylation sites is 1. The Morgan fingerprint density at radius 1 is 1.04 bits per heavy atom. The number of pyridine rings is 1. The van der Waals surface area contributed by atoms with E-state index in [0.29, 0.717) is 12.4 Å². The zero-order chi connectivity index (χ0) is 17.9. The second kappa shape index (κ2) is 7.42. The summed E-state index contributed by atoms with van der Waals surface area (Å²) in [6.07, 6.45) is 2.87. The summed E-state index contributed by atoms with van der Waals surface area (Å²) in [7, 11) is 1.81. The van der Waals surface area contributed by atoms with Crippen molar-refractivity contribution in [3.63, 3.8) is 0 Å². The molecule has 0 radical (unpaired) electrons. The summed E-state index contributed by atoms with van der Waals surface area (Å²) < 4.78 is 7.73. The molecular weight excluding hydrogens is 342 g/mol. The van der Waals surface area contributed by atoms with Gasteiger partial charge in [-0.15, -0.1) is 0 Å². The minimum absolute atomic E-state index is 0.0457. The Balaban J connectivity index is 1.65. The fourth-order valence-electron chi connectivity index (χ4n) is 3.40. The van der Waals surface area contributed by atoms with Crippen LogP contribution in [0.4, 0.5) is 0 Å². The van der Waals surface area contributed by atoms with Gasteiger partial charge in [0.2, 0.25) is 0 Å². The van der Waals surface area contributed by atoms with Crippen LogP contribution in [0.25, 0.3) is 10.9 Å². The van der Waals surface area contributed by atoms with E-state index in [9.17, 15) is 4.79 Å². The molecule has 0 unspecified atom stereocenters. The molecule has 0 fully saturated rings. The van der Waals surface area contributed by atoms with Gasteiger partial charge in [-0.2, -0.15) is 0 Å². The van der Waals surface area contributed by atoms with Crippen LogP contribution < -0.4 is 10.3 Å². The summed E-state index contributed by atoms with van der Waals surface area (Å²) in [5.41, 5.74) is 3.21. The first-order valence-electron chi connectivity index (χ1n) is 8.87. The first-order valence-corrected chi connectivity index (χ1v) is 9.75. The highest BCUT2D eigenvalue weighted by molar-refractivity contribution is 8.02. The predicted molar refractivity (Wildman–Crippen MR) is 108 cm³/mol. The minimum Gasteiger partial charge on any atom is -0.483 e. The lowest BCUT2D eigenvalue weighted by molar-refractivity contribution is 0.331. The number of aromatic nitrogens is 1. The van der Waals surface area contributed by atoms with Gasteiger partial charge in [0, 0.05) is 22.9 Å². The molecule has 2 heterocycles. The lowest BCUT2D eigenvalue weighted by Gasteiger charge is -2.20. The van der Waals surface area contributed by atoms with Gasteiger partial charge in [0.15, 0.2) is 5.75 Å². The fourth-order valence-corrected chi connectivity index (χ4v) is 4.21. The normalized spacial score (nSPS) is 16.0. The molecular formula is C22H21NO2S. The van der Waals surface area contributed by atoms with Gasteiger partial charge in [0.1, 0.15) is 6.61 Å². The Labute approximate surface area is 157 Å². The number of hydrogen-bond donors (Lipinski definition) is 0. The highest BCUT2D eigenvalue weighted by atomic mass is 32.2. The molecule has 3 nitrogen and oxygen atoms in total. The van der Waals surface area contributed by atoms with Crippen molar-refractivity contribution in [2.45, 2.75) is 24.2 Å². The van der Waals surface area contributed by atoms with Gasteiger partial charge in [-0.25, -0.2) is 0 Å². The van der Waals surface area contributed by atoms with E-state index in [1.54, 1.807) is 16.3 Å². The number of benzene rings is 2. The number of nitrogens with zero attached hydrogens (tertiary/aromatic N) is 1. The summed E-state index contributed by atoms with van der Waals surface area (Å²) in [6, 6.07) is 18.4. The van der Waals surface area contributed by atoms with Gasteiger partial charge in [-0.1, -0.05) is 48.2 Å². The van der Waals surface area contributed by atoms with Gasteiger partial charge in [0.25, 0.3) is 5.56 Å². The van der Waals surface area contributed by atoms with Crippen LogP contribution in [0, 0.1) is 0 Å². The molecule has 1 aliphatic heterocycles. The van der Waals surface area contributed by atoms with Crippen LogP contribution in [-0.4, -0.2) is 11.2 Å². The van der Waals surface area contributed by atoms with Gasteiger partial charge < -0.3 is 9.30 Å². The van der Waals surface area contributed by atoms with Crippen molar-refractivity contribution in [1.29, 1.82) is 0 Å². The maximum Gasteiger partial charge on any atom is 0.293 e. The molecule has 26 heavy (non-hydrogen) atoms. The van der Waals surface area contributed by atoms with E-state index >= 15 is 0 Å². The molecule has 0 spiro atoms. The number of thioether (sulfide) groups is 1. The Hall–Kier alpha value is -2.46. The number of aryl methyl sites for hydroxylation is 2. The van der Waals surface area contributed by atoms with Crippen LogP contribution in [0.5, 0.6) is 5.75 Å². The number of fused-ring (bicyclic) bond motifs is 3. The van der Waals surface area contributed by atoms with Crippen LogP contribution in [0.3, 0.4) is 0 Å². The molecule has 0 saturated heterocycles. The molecule has 3 aromatic rings. The third kappa shape index (κ3) is 3.29. The van der Waals surface area contributed by atoms with Crippen molar-refractivity contribution < 1.29 is 4.74 Å². The monoisotopic (exact) mass is 363 g/mol. The van der Waals surface area contributed by atoms with E-state index in [1.807, 2.05) is 43.4 Å². The molecule has 1 aromatic heterocycles. The molecule has 0 saturated carbocycles. The van der Waals surface area contributed by atoms with Crippen LogP contribution >= 0.6 is 11.8 Å². The van der Waals surface area contributed by atoms with Gasteiger partial charge in [-0.05, 0) is 48.4 Å². The maximum absolute atomic E-state index is 12.8. The number of rotatable bonds is 2. The van der Waals surface area contributed by atoms with Crippen molar-refractivity contribution in [3.8, 4) is 5.75 Å². The first-order chi connectivity index (χ1) is 12.7. The molecule has 132 valence electrons. The molecule has 0 amide bonds. The van der Waals surface area contributed by atoms with Gasteiger partial charge in [-0.3, -0.25) is 4.79 Å². The quantitative estimate of drug-likeness (QED) is 0.605. The van der Waals surface area contributed by atoms with E-state index in [2.05, 4.69) is 23.6 Å². The molecule has 0 bridgehead atoms. The van der Waals surface area contributed by atoms with Crippen molar-refractivity contribution >= 4 is 22.7 Å². The highest BCUT2D eigenvalue weighted by Gasteiger charge is 2.19. The maximum atomic E-state index is 12.8. The molecule has 2 aromatic carbocycles. The lowest BCUT2D eigenvalue weighted by Crippen LogP contribution is -2.23. The average Bonchev–Trinajstić information content (AvgIpc) is 2.66. The summed E-state index contributed by atoms with van der Waals surface area (Å²) in [5, 5.41) is 3.29. The lowest BCUT2D eigenvalue weighted by atomic mass is 9.99. The zero-order valence-electron chi connectivity index (χ0n) is 14.8. The summed E-state index contributed by atoms with van der Waals surface area (Å²) in [6.45, 7) is 0.473. The summed E-state index contributed by atoms with van der Waals surface area (Å²) in [4.78, 5) is 14.0. The molecule has 4 heteroatoms. The van der Waals surface area contributed by atoms with E-state index in [4.69, 9.17) is 4.74 Å². The van der Waals surface area contributed by atoms with Crippen LogP contribution in [0.1, 0.15) is 18.4 Å². The largest absolute Gasteiger partial charge is 0.483 e. The summed E-state index contributed by atoms with van der Waals surface area (Å²) >= 11 is 1.71.